The molecule has 0 aliphatic rings. The monoisotopic (exact) mass is 243 g/mol. The minimum absolute atomic E-state index is 0.658. The lowest BCUT2D eigenvalue weighted by atomic mass is 10.3. The van der Waals surface area contributed by atoms with Crippen molar-refractivity contribution in [1.29, 1.82) is 0 Å². The van der Waals surface area contributed by atoms with Crippen LogP contribution in [-0.4, -0.2) is 21.7 Å². The van der Waals surface area contributed by atoms with E-state index in [4.69, 9.17) is 0 Å². The Morgan fingerprint density at radius 1 is 1.17 bits per heavy atom. The minimum Gasteiger partial charge on any atom is -0.379 e. The quantitative estimate of drug-likeness (QED) is 0.815. The van der Waals surface area contributed by atoms with Gasteiger partial charge in [0.25, 0.3) is 0 Å². The lowest BCUT2D eigenvalue weighted by molar-refractivity contribution is 0.924. The Balaban J connectivity index is 1.93. The Morgan fingerprint density at radius 3 is 2.89 bits per heavy atom. The van der Waals surface area contributed by atoms with Crippen molar-refractivity contribution < 1.29 is 0 Å². The van der Waals surface area contributed by atoms with E-state index in [1.807, 2.05) is 24.3 Å². The molecule has 0 radical (unpaired) electrons. The Bertz CT molecular complexity index is 472. The molecule has 0 saturated heterocycles. The number of nitrogens with one attached hydrogen (secondary N) is 2. The van der Waals surface area contributed by atoms with Crippen molar-refractivity contribution in [2.24, 2.45) is 0 Å². The summed E-state index contributed by atoms with van der Waals surface area (Å²) in [5, 5.41) is 14.4. The molecule has 0 saturated carbocycles. The molecule has 2 aromatic rings. The molecule has 2 N–H and O–H groups in total. The molecule has 18 heavy (non-hydrogen) atoms. The topological polar surface area (TPSA) is 62.7 Å². The van der Waals surface area contributed by atoms with Gasteiger partial charge in [-0.2, -0.15) is 10.2 Å². The summed E-state index contributed by atoms with van der Waals surface area (Å²) < 4.78 is 0. The van der Waals surface area contributed by atoms with E-state index in [9.17, 15) is 0 Å². The fraction of sp³-hybridized carbons (Fsp3) is 0.308. The van der Waals surface area contributed by atoms with Crippen LogP contribution in [0.15, 0.2) is 36.7 Å². The van der Waals surface area contributed by atoms with Gasteiger partial charge in [0.15, 0.2) is 0 Å². The third-order valence-corrected chi connectivity index (χ3v) is 2.42. The predicted octanol–water partition coefficient (Wildman–Crippen LogP) is 2.31. The molecule has 2 heterocycles. The second-order valence-electron chi connectivity index (χ2n) is 3.93. The van der Waals surface area contributed by atoms with Crippen molar-refractivity contribution in [3.63, 3.8) is 0 Å². The molecule has 0 aliphatic heterocycles. The molecule has 2 aromatic heterocycles. The van der Waals surface area contributed by atoms with E-state index in [0.29, 0.717) is 6.54 Å². The molecule has 94 valence electrons. The number of anilines is 2. The van der Waals surface area contributed by atoms with Gasteiger partial charge in [0, 0.05) is 30.7 Å². The molecular weight excluding hydrogens is 226 g/mol. The Morgan fingerprint density at radius 2 is 2.11 bits per heavy atom. The first kappa shape index (κ1) is 12.3. The largest absolute Gasteiger partial charge is 0.379 e. The van der Waals surface area contributed by atoms with Crippen molar-refractivity contribution >= 4 is 11.5 Å². The van der Waals surface area contributed by atoms with Crippen molar-refractivity contribution in [3.8, 4) is 0 Å². The van der Waals surface area contributed by atoms with Crippen LogP contribution in [0.1, 0.15) is 19.0 Å². The zero-order chi connectivity index (χ0) is 12.6. The molecule has 2 rings (SSSR count). The fourth-order valence-corrected chi connectivity index (χ4v) is 1.51. The third kappa shape index (κ3) is 3.69. The summed E-state index contributed by atoms with van der Waals surface area (Å²) in [4.78, 5) is 4.25. The molecule has 0 fully saturated rings. The van der Waals surface area contributed by atoms with Crippen molar-refractivity contribution in [3.05, 3.63) is 42.4 Å². The maximum atomic E-state index is 4.25. The van der Waals surface area contributed by atoms with Crippen LogP contribution in [0.5, 0.6) is 0 Å². The van der Waals surface area contributed by atoms with Gasteiger partial charge in [-0.25, -0.2) is 4.98 Å². The summed E-state index contributed by atoms with van der Waals surface area (Å²) >= 11 is 0. The van der Waals surface area contributed by atoms with E-state index in [1.54, 1.807) is 12.4 Å². The smallest absolute Gasteiger partial charge is 0.127 e. The number of pyridine rings is 1. The highest BCUT2D eigenvalue weighted by molar-refractivity contribution is 5.51. The molecular formula is C13H17N5. The van der Waals surface area contributed by atoms with Gasteiger partial charge >= 0.3 is 0 Å². The van der Waals surface area contributed by atoms with Gasteiger partial charge < -0.3 is 10.6 Å². The summed E-state index contributed by atoms with van der Waals surface area (Å²) in [7, 11) is 0. The molecule has 0 aromatic carbocycles. The average molecular weight is 243 g/mol. The standard InChI is InChI=1S/C13H17N5/c1-2-6-14-13-9-11(5-8-15-13)16-10-12-4-3-7-17-18-12/h3-5,7-9H,2,6,10H2,1H3,(H2,14,15,16). The van der Waals surface area contributed by atoms with Crippen LogP contribution >= 0.6 is 0 Å². The van der Waals surface area contributed by atoms with Crippen LogP contribution in [0.2, 0.25) is 0 Å². The predicted molar refractivity (Wildman–Crippen MR) is 72.4 cm³/mol. The highest BCUT2D eigenvalue weighted by Gasteiger charge is 1.97. The van der Waals surface area contributed by atoms with Crippen LogP contribution in [0, 0.1) is 0 Å². The van der Waals surface area contributed by atoms with E-state index in [2.05, 4.69) is 32.7 Å². The van der Waals surface area contributed by atoms with Gasteiger partial charge in [0.05, 0.1) is 12.2 Å². The second kappa shape index (κ2) is 6.54. The normalized spacial score (nSPS) is 10.1. The first-order chi connectivity index (χ1) is 8.88. The van der Waals surface area contributed by atoms with Crippen molar-refractivity contribution in [1.82, 2.24) is 15.2 Å². The summed E-state index contributed by atoms with van der Waals surface area (Å²) in [6, 6.07) is 7.75. The fourth-order valence-electron chi connectivity index (χ4n) is 1.51. The van der Waals surface area contributed by atoms with Crippen molar-refractivity contribution in [2.75, 3.05) is 17.2 Å². The van der Waals surface area contributed by atoms with E-state index < -0.39 is 0 Å². The van der Waals surface area contributed by atoms with Crippen LogP contribution in [0.25, 0.3) is 0 Å². The molecule has 5 heteroatoms. The maximum Gasteiger partial charge on any atom is 0.127 e. The molecule has 0 bridgehead atoms. The Kier molecular flexibility index (Phi) is 4.46. The average Bonchev–Trinajstić information content (AvgIpc) is 2.44. The van der Waals surface area contributed by atoms with Crippen LogP contribution in [-0.2, 0) is 6.54 Å². The summed E-state index contributed by atoms with van der Waals surface area (Å²) in [6.45, 7) is 3.72. The molecule has 0 amide bonds. The summed E-state index contributed by atoms with van der Waals surface area (Å²) in [6.07, 6.45) is 4.54. The van der Waals surface area contributed by atoms with Gasteiger partial charge in [-0.05, 0) is 24.6 Å². The number of hydrogen-bond acceptors (Lipinski definition) is 5. The number of rotatable bonds is 6. The molecule has 0 aliphatic carbocycles. The third-order valence-electron chi connectivity index (χ3n) is 2.42. The first-order valence-corrected chi connectivity index (χ1v) is 6.09. The first-order valence-electron chi connectivity index (χ1n) is 6.09. The Hall–Kier alpha value is -2.17. The second-order valence-corrected chi connectivity index (χ2v) is 3.93. The van der Waals surface area contributed by atoms with E-state index >= 15 is 0 Å². The number of hydrogen-bond donors (Lipinski definition) is 2. The number of aromatic nitrogens is 3. The van der Waals surface area contributed by atoms with Gasteiger partial charge in [0.1, 0.15) is 5.82 Å². The van der Waals surface area contributed by atoms with Gasteiger partial charge in [-0.3, -0.25) is 0 Å². The SMILES string of the molecule is CCCNc1cc(NCc2cccnn2)ccn1. The van der Waals surface area contributed by atoms with Gasteiger partial charge in [0.2, 0.25) is 0 Å². The molecule has 0 spiro atoms. The van der Waals surface area contributed by atoms with E-state index in [1.165, 1.54) is 0 Å². The highest BCUT2D eigenvalue weighted by atomic mass is 15.1. The number of nitrogens with zero attached hydrogens (tertiary/aromatic N) is 3. The molecule has 0 atom stereocenters. The Labute approximate surface area is 107 Å². The molecule has 0 unspecified atom stereocenters. The lowest BCUT2D eigenvalue weighted by Crippen LogP contribution is -2.05. The summed E-state index contributed by atoms with van der Waals surface area (Å²) in [5.41, 5.74) is 1.94. The van der Waals surface area contributed by atoms with Crippen LogP contribution < -0.4 is 10.6 Å². The lowest BCUT2D eigenvalue weighted by Gasteiger charge is -2.08. The van der Waals surface area contributed by atoms with Crippen LogP contribution in [0.3, 0.4) is 0 Å². The minimum atomic E-state index is 0.658. The van der Waals surface area contributed by atoms with E-state index in [-0.39, 0.29) is 0 Å². The van der Waals surface area contributed by atoms with E-state index in [0.717, 1.165) is 30.2 Å². The molecule has 5 nitrogen and oxygen atoms in total. The zero-order valence-corrected chi connectivity index (χ0v) is 10.4. The van der Waals surface area contributed by atoms with Crippen LogP contribution in [0.4, 0.5) is 11.5 Å². The van der Waals surface area contributed by atoms with Gasteiger partial charge in [-0.1, -0.05) is 6.92 Å². The van der Waals surface area contributed by atoms with Crippen molar-refractivity contribution in [2.45, 2.75) is 19.9 Å². The summed E-state index contributed by atoms with van der Waals surface area (Å²) in [5.74, 6) is 0.890. The highest BCUT2D eigenvalue weighted by Crippen LogP contribution is 2.12. The van der Waals surface area contributed by atoms with Gasteiger partial charge in [-0.15, -0.1) is 0 Å². The zero-order valence-electron chi connectivity index (χ0n) is 10.4. The maximum absolute atomic E-state index is 4.25.